The van der Waals surface area contributed by atoms with Crippen molar-refractivity contribution in [3.05, 3.63) is 34.6 Å². The van der Waals surface area contributed by atoms with Crippen LogP contribution in [-0.2, 0) is 17.8 Å². The first-order chi connectivity index (χ1) is 12.9. The summed E-state index contributed by atoms with van der Waals surface area (Å²) in [5.41, 5.74) is 3.19. The Morgan fingerprint density at radius 1 is 1.26 bits per heavy atom. The van der Waals surface area contributed by atoms with E-state index in [1.807, 2.05) is 0 Å². The molecule has 2 heterocycles. The van der Waals surface area contributed by atoms with Gasteiger partial charge >= 0.3 is 0 Å². The van der Waals surface area contributed by atoms with Crippen molar-refractivity contribution in [3.63, 3.8) is 0 Å². The molecule has 4 rings (SSSR count). The van der Waals surface area contributed by atoms with Crippen molar-refractivity contribution in [2.45, 2.75) is 63.6 Å². The fraction of sp³-hybridized carbons (Fsp3) is 0.600. The number of benzene rings is 1. The first-order valence-corrected chi connectivity index (χ1v) is 9.71. The zero-order valence-corrected chi connectivity index (χ0v) is 15.6. The SMILES string of the molecule is CC(=O)N1CCCCC12CC(N1CCc3cc(C(=O)NO)cc(F)c3C1)C2. The summed E-state index contributed by atoms with van der Waals surface area (Å²) >= 11 is 0. The number of likely N-dealkylation sites (tertiary alicyclic amines) is 1. The average molecular weight is 375 g/mol. The molecule has 1 saturated heterocycles. The van der Waals surface area contributed by atoms with Gasteiger partial charge in [-0.25, -0.2) is 9.87 Å². The number of nitrogens with one attached hydrogen (secondary N) is 1. The molecule has 0 bridgehead atoms. The third kappa shape index (κ3) is 3.12. The number of hydrogen-bond acceptors (Lipinski definition) is 4. The van der Waals surface area contributed by atoms with Gasteiger partial charge in [0.1, 0.15) is 5.82 Å². The third-order valence-electron chi connectivity index (χ3n) is 6.66. The van der Waals surface area contributed by atoms with E-state index in [9.17, 15) is 14.0 Å². The second kappa shape index (κ2) is 6.87. The largest absolute Gasteiger partial charge is 0.337 e. The van der Waals surface area contributed by atoms with Gasteiger partial charge in [0.15, 0.2) is 0 Å². The summed E-state index contributed by atoms with van der Waals surface area (Å²) in [5, 5.41) is 8.76. The van der Waals surface area contributed by atoms with Crippen LogP contribution in [0.25, 0.3) is 0 Å². The Hall–Kier alpha value is -1.99. The molecule has 3 aliphatic rings. The van der Waals surface area contributed by atoms with E-state index in [0.29, 0.717) is 24.6 Å². The molecule has 146 valence electrons. The van der Waals surface area contributed by atoms with E-state index in [1.54, 1.807) is 18.5 Å². The van der Waals surface area contributed by atoms with Crippen molar-refractivity contribution in [2.75, 3.05) is 13.1 Å². The Balaban J connectivity index is 1.47. The van der Waals surface area contributed by atoms with Gasteiger partial charge in [-0.15, -0.1) is 0 Å². The van der Waals surface area contributed by atoms with Crippen LogP contribution in [0.4, 0.5) is 4.39 Å². The smallest absolute Gasteiger partial charge is 0.274 e. The highest BCUT2D eigenvalue weighted by Crippen LogP contribution is 2.47. The van der Waals surface area contributed by atoms with Gasteiger partial charge in [-0.2, -0.15) is 0 Å². The highest BCUT2D eigenvalue weighted by atomic mass is 19.1. The van der Waals surface area contributed by atoms with Gasteiger partial charge in [-0.3, -0.25) is 19.7 Å². The number of piperidine rings is 1. The van der Waals surface area contributed by atoms with Crippen LogP contribution in [0, 0.1) is 5.82 Å². The van der Waals surface area contributed by atoms with Gasteiger partial charge in [-0.05, 0) is 56.2 Å². The monoisotopic (exact) mass is 375 g/mol. The van der Waals surface area contributed by atoms with Gasteiger partial charge < -0.3 is 4.90 Å². The zero-order valence-electron chi connectivity index (χ0n) is 15.6. The van der Waals surface area contributed by atoms with Crippen LogP contribution in [-0.4, -0.2) is 51.5 Å². The van der Waals surface area contributed by atoms with E-state index in [-0.39, 0.29) is 17.0 Å². The van der Waals surface area contributed by atoms with Crippen molar-refractivity contribution in [2.24, 2.45) is 0 Å². The molecule has 0 atom stereocenters. The van der Waals surface area contributed by atoms with Crippen molar-refractivity contribution in [1.82, 2.24) is 15.3 Å². The molecule has 1 aromatic carbocycles. The minimum atomic E-state index is -0.693. The molecule has 0 aromatic heterocycles. The Labute approximate surface area is 158 Å². The van der Waals surface area contributed by atoms with E-state index in [1.165, 1.54) is 12.5 Å². The molecule has 2 N–H and O–H groups in total. The molecule has 1 spiro atoms. The standard InChI is InChI=1S/C20H26FN3O3/c1-13(25)24-6-3-2-5-20(24)10-16(11-20)23-7-4-14-8-15(19(26)22-27)9-18(21)17(14)12-23/h8-9,16,27H,2-7,10-12H2,1H3,(H,22,26). The third-order valence-corrected chi connectivity index (χ3v) is 6.66. The summed E-state index contributed by atoms with van der Waals surface area (Å²) in [6.07, 6.45) is 5.94. The molecule has 27 heavy (non-hydrogen) atoms. The van der Waals surface area contributed by atoms with Crippen LogP contribution >= 0.6 is 0 Å². The maximum absolute atomic E-state index is 14.6. The number of carbonyl (C=O) groups excluding carboxylic acids is 2. The lowest BCUT2D eigenvalue weighted by molar-refractivity contribution is -0.148. The summed E-state index contributed by atoms with van der Waals surface area (Å²) in [6, 6.07) is 3.23. The minimum absolute atomic E-state index is 0.0106. The summed E-state index contributed by atoms with van der Waals surface area (Å²) in [5.74, 6) is -0.924. The molecule has 1 saturated carbocycles. The molecule has 0 unspecified atom stereocenters. The predicted molar refractivity (Wildman–Crippen MR) is 96.8 cm³/mol. The maximum Gasteiger partial charge on any atom is 0.274 e. The van der Waals surface area contributed by atoms with Gasteiger partial charge in [0.2, 0.25) is 5.91 Å². The summed E-state index contributed by atoms with van der Waals surface area (Å²) in [7, 11) is 0. The number of hydroxylamine groups is 1. The average Bonchev–Trinajstić information content (AvgIpc) is 2.65. The lowest BCUT2D eigenvalue weighted by Crippen LogP contribution is -2.66. The molecule has 0 radical (unpaired) electrons. The highest BCUT2D eigenvalue weighted by molar-refractivity contribution is 5.93. The van der Waals surface area contributed by atoms with E-state index < -0.39 is 11.7 Å². The van der Waals surface area contributed by atoms with Crippen LogP contribution in [0.2, 0.25) is 0 Å². The van der Waals surface area contributed by atoms with Crippen LogP contribution in [0.3, 0.4) is 0 Å². The number of carbonyl (C=O) groups is 2. The zero-order chi connectivity index (χ0) is 19.2. The summed E-state index contributed by atoms with van der Waals surface area (Å²) in [4.78, 5) is 28.0. The fourth-order valence-corrected chi connectivity index (χ4v) is 5.23. The molecule has 2 aliphatic heterocycles. The molecule has 7 heteroatoms. The second-order valence-electron chi connectivity index (χ2n) is 8.17. The van der Waals surface area contributed by atoms with E-state index in [4.69, 9.17) is 5.21 Å². The maximum atomic E-state index is 14.6. The minimum Gasteiger partial charge on any atom is -0.337 e. The molecule has 6 nitrogen and oxygen atoms in total. The quantitative estimate of drug-likeness (QED) is 0.614. The van der Waals surface area contributed by atoms with E-state index >= 15 is 0 Å². The normalized spacial score (nSPS) is 27.8. The van der Waals surface area contributed by atoms with Crippen molar-refractivity contribution < 1.29 is 19.2 Å². The molecular weight excluding hydrogens is 349 g/mol. The topological polar surface area (TPSA) is 72.9 Å². The van der Waals surface area contributed by atoms with E-state index in [2.05, 4.69) is 9.80 Å². The van der Waals surface area contributed by atoms with Crippen molar-refractivity contribution in [3.8, 4) is 0 Å². The highest BCUT2D eigenvalue weighted by Gasteiger charge is 2.52. The number of rotatable bonds is 2. The van der Waals surface area contributed by atoms with Crippen LogP contribution in [0.15, 0.2) is 12.1 Å². The summed E-state index contributed by atoms with van der Waals surface area (Å²) < 4.78 is 14.6. The van der Waals surface area contributed by atoms with Gasteiger partial charge in [0.25, 0.3) is 5.91 Å². The number of halogens is 1. The fourth-order valence-electron chi connectivity index (χ4n) is 5.23. The Bertz CT molecular complexity index is 776. The number of fused-ring (bicyclic) bond motifs is 1. The summed E-state index contributed by atoms with van der Waals surface area (Å²) in [6.45, 7) is 3.86. The second-order valence-corrected chi connectivity index (χ2v) is 8.17. The van der Waals surface area contributed by atoms with Crippen molar-refractivity contribution >= 4 is 11.8 Å². The molecule has 2 amide bonds. The number of hydrogen-bond donors (Lipinski definition) is 2. The van der Waals surface area contributed by atoms with Gasteiger partial charge in [-0.1, -0.05) is 0 Å². The first kappa shape index (κ1) is 18.4. The Kier molecular flexibility index (Phi) is 4.68. The molecule has 1 aromatic rings. The lowest BCUT2D eigenvalue weighted by atomic mass is 9.66. The Morgan fingerprint density at radius 2 is 2.04 bits per heavy atom. The van der Waals surface area contributed by atoms with E-state index in [0.717, 1.165) is 44.3 Å². The van der Waals surface area contributed by atoms with Crippen molar-refractivity contribution in [1.29, 1.82) is 0 Å². The number of nitrogens with zero attached hydrogens (tertiary/aromatic N) is 2. The molecule has 2 fully saturated rings. The molecular formula is C20H26FN3O3. The first-order valence-electron chi connectivity index (χ1n) is 9.71. The van der Waals surface area contributed by atoms with Gasteiger partial charge in [0, 0.05) is 49.3 Å². The van der Waals surface area contributed by atoms with Crippen LogP contribution in [0.1, 0.15) is 60.5 Å². The Morgan fingerprint density at radius 3 is 2.74 bits per heavy atom. The van der Waals surface area contributed by atoms with Crippen LogP contribution in [0.5, 0.6) is 0 Å². The lowest BCUT2D eigenvalue weighted by Gasteiger charge is -2.59. The predicted octanol–water partition coefficient (Wildman–Crippen LogP) is 2.24. The number of amides is 2. The van der Waals surface area contributed by atoms with Crippen LogP contribution < -0.4 is 5.48 Å². The van der Waals surface area contributed by atoms with Gasteiger partial charge in [0.05, 0.1) is 0 Å². The molecule has 1 aliphatic carbocycles.